The molecule has 7 heavy (non-hydrogen) atoms. The highest BCUT2D eigenvalue weighted by Gasteiger charge is 2.06. The van der Waals surface area contributed by atoms with E-state index < -0.39 is 19.1 Å². The van der Waals surface area contributed by atoms with Crippen LogP contribution in [0.2, 0.25) is 0 Å². The summed E-state index contributed by atoms with van der Waals surface area (Å²) in [4.78, 5) is 10.0. The average molecular weight is 107 g/mol. The Balaban J connectivity index is 3.80. The Kier molecular flexibility index (Phi) is 0.982. The number of ether oxygens (including phenoxy) is 1. The van der Waals surface area contributed by atoms with Gasteiger partial charge in [0, 0.05) is 7.04 Å². The SMILES string of the molecule is [2H]C([2H])([2H])OC(C)C(=O)O. The van der Waals surface area contributed by atoms with Crippen molar-refractivity contribution < 1.29 is 18.8 Å². The van der Waals surface area contributed by atoms with Gasteiger partial charge in [0.25, 0.3) is 0 Å². The minimum atomic E-state index is -2.63. The number of rotatable bonds is 2. The lowest BCUT2D eigenvalue weighted by Gasteiger charge is -1.98. The summed E-state index contributed by atoms with van der Waals surface area (Å²) in [7, 11) is -2.63. The zero-order chi connectivity index (χ0) is 8.36. The number of aliphatic carboxylic acids is 1. The van der Waals surface area contributed by atoms with Crippen molar-refractivity contribution in [2.24, 2.45) is 0 Å². The lowest BCUT2D eigenvalue weighted by Crippen LogP contribution is -2.17. The van der Waals surface area contributed by atoms with Crippen LogP contribution < -0.4 is 0 Å². The molecule has 3 heteroatoms. The minimum absolute atomic E-state index is 1.16. The maximum atomic E-state index is 10.0. The minimum Gasteiger partial charge on any atom is -0.479 e. The summed E-state index contributed by atoms with van der Waals surface area (Å²) in [5.41, 5.74) is 0. The van der Waals surface area contributed by atoms with Crippen LogP contribution in [0, 0.1) is 0 Å². The van der Waals surface area contributed by atoms with E-state index in [0.29, 0.717) is 0 Å². The van der Waals surface area contributed by atoms with Crippen LogP contribution in [0.4, 0.5) is 0 Å². The van der Waals surface area contributed by atoms with Crippen molar-refractivity contribution in [2.75, 3.05) is 7.04 Å². The van der Waals surface area contributed by atoms with Crippen molar-refractivity contribution in [1.29, 1.82) is 0 Å². The largest absolute Gasteiger partial charge is 0.479 e. The summed E-state index contributed by atoms with van der Waals surface area (Å²) < 4.78 is 23.6. The quantitative estimate of drug-likeness (QED) is 0.544. The van der Waals surface area contributed by atoms with Gasteiger partial charge in [-0.2, -0.15) is 0 Å². The van der Waals surface area contributed by atoms with Crippen molar-refractivity contribution in [3.8, 4) is 0 Å². The van der Waals surface area contributed by atoms with Gasteiger partial charge in [0.15, 0.2) is 6.10 Å². The summed E-state index contributed by atoms with van der Waals surface area (Å²) in [5, 5.41) is 8.17. The first-order valence-electron chi connectivity index (χ1n) is 3.23. The first kappa shape index (κ1) is 2.67. The van der Waals surface area contributed by atoms with E-state index in [4.69, 9.17) is 9.22 Å². The molecule has 0 radical (unpaired) electrons. The second-order valence-corrected chi connectivity index (χ2v) is 1.10. The van der Waals surface area contributed by atoms with Gasteiger partial charge in [0.05, 0.1) is 4.11 Å². The molecule has 0 aromatic rings. The molecular weight excluding hydrogens is 96.0 g/mol. The summed E-state index contributed by atoms with van der Waals surface area (Å²) in [6.07, 6.45) is -1.28. The van der Waals surface area contributed by atoms with Gasteiger partial charge in [-0.25, -0.2) is 4.79 Å². The van der Waals surface area contributed by atoms with Gasteiger partial charge in [0.1, 0.15) is 0 Å². The molecule has 3 nitrogen and oxygen atoms in total. The van der Waals surface area contributed by atoms with Gasteiger partial charge in [-0.15, -0.1) is 0 Å². The summed E-state index contributed by atoms with van der Waals surface area (Å²) in [6, 6.07) is 0. The Hall–Kier alpha value is -0.570. The number of carboxylic acids is 1. The molecule has 0 saturated heterocycles. The predicted molar refractivity (Wildman–Crippen MR) is 24.1 cm³/mol. The van der Waals surface area contributed by atoms with E-state index in [1.807, 2.05) is 0 Å². The second kappa shape index (κ2) is 2.58. The topological polar surface area (TPSA) is 46.5 Å². The predicted octanol–water partition coefficient (Wildman–Crippen LogP) is 0.106. The molecule has 0 rings (SSSR count). The maximum Gasteiger partial charge on any atom is 0.332 e. The van der Waals surface area contributed by atoms with Gasteiger partial charge in [-0.05, 0) is 6.92 Å². The monoisotopic (exact) mass is 107 g/mol. The molecule has 0 saturated carbocycles. The third-order valence-electron chi connectivity index (χ3n) is 0.525. The molecule has 1 unspecified atom stereocenters. The van der Waals surface area contributed by atoms with Crippen LogP contribution >= 0.6 is 0 Å². The normalized spacial score (nSPS) is 21.6. The van der Waals surface area contributed by atoms with Crippen LogP contribution in [0.25, 0.3) is 0 Å². The Morgan fingerprint density at radius 1 is 2.14 bits per heavy atom. The van der Waals surface area contributed by atoms with Crippen LogP contribution in [0.1, 0.15) is 11.0 Å². The van der Waals surface area contributed by atoms with E-state index >= 15 is 0 Å². The average Bonchev–Trinajstić information content (AvgIpc) is 1.60. The molecule has 0 amide bonds. The van der Waals surface area contributed by atoms with Crippen LogP contribution in [0.5, 0.6) is 0 Å². The Morgan fingerprint density at radius 2 is 2.71 bits per heavy atom. The molecule has 0 aromatic heterocycles. The maximum absolute atomic E-state index is 10.0. The molecular formula is C4H8O3. The smallest absolute Gasteiger partial charge is 0.332 e. The van der Waals surface area contributed by atoms with Gasteiger partial charge in [-0.1, -0.05) is 0 Å². The summed E-state index contributed by atoms with van der Waals surface area (Å²) in [5.74, 6) is -1.28. The molecule has 42 valence electrons. The highest BCUT2D eigenvalue weighted by Crippen LogP contribution is 1.83. The zero-order valence-electron chi connectivity index (χ0n) is 6.84. The van der Waals surface area contributed by atoms with Crippen LogP contribution in [-0.2, 0) is 9.53 Å². The number of carboxylic acid groups (broad SMARTS) is 1. The highest BCUT2D eigenvalue weighted by atomic mass is 16.5. The van der Waals surface area contributed by atoms with Gasteiger partial charge in [-0.3, -0.25) is 0 Å². The second-order valence-electron chi connectivity index (χ2n) is 1.10. The summed E-state index contributed by atoms with van der Waals surface area (Å²) in [6.45, 7) is 1.16. The van der Waals surface area contributed by atoms with Gasteiger partial charge in [0.2, 0.25) is 0 Å². The molecule has 0 fully saturated rings. The lowest BCUT2D eigenvalue weighted by atomic mass is 10.4. The van der Waals surface area contributed by atoms with Crippen molar-refractivity contribution in [2.45, 2.75) is 13.0 Å². The molecule has 0 aliphatic carbocycles. The van der Waals surface area contributed by atoms with Crippen molar-refractivity contribution in [3.05, 3.63) is 0 Å². The Morgan fingerprint density at radius 3 is 2.86 bits per heavy atom. The van der Waals surface area contributed by atoms with Crippen molar-refractivity contribution >= 4 is 5.97 Å². The lowest BCUT2D eigenvalue weighted by molar-refractivity contribution is -0.147. The van der Waals surface area contributed by atoms with Crippen LogP contribution in [0.15, 0.2) is 0 Å². The number of hydrogen-bond donors (Lipinski definition) is 1. The highest BCUT2D eigenvalue weighted by molar-refractivity contribution is 5.71. The number of carbonyl (C=O) groups is 1. The fourth-order valence-electron chi connectivity index (χ4n) is 0.0504. The zero-order valence-corrected chi connectivity index (χ0v) is 3.84. The standard InChI is InChI=1S/C4H8O3/c1-3(7-2)4(5)6/h3H,1-2H3,(H,5,6)/i2D3. The van der Waals surface area contributed by atoms with E-state index in [1.165, 1.54) is 0 Å². The van der Waals surface area contributed by atoms with Gasteiger partial charge < -0.3 is 9.84 Å². The van der Waals surface area contributed by atoms with Crippen molar-refractivity contribution in [1.82, 2.24) is 0 Å². The van der Waals surface area contributed by atoms with E-state index in [-0.39, 0.29) is 0 Å². The fraction of sp³-hybridized carbons (Fsp3) is 0.750. The number of hydrogen-bond acceptors (Lipinski definition) is 2. The molecule has 0 heterocycles. The fourth-order valence-corrected chi connectivity index (χ4v) is 0.0504. The third kappa shape index (κ3) is 2.17. The Bertz CT molecular complexity index is 130. The third-order valence-corrected chi connectivity index (χ3v) is 0.525. The molecule has 0 aromatic carbocycles. The first-order valence-corrected chi connectivity index (χ1v) is 1.73. The Labute approximate surface area is 46.1 Å². The van der Waals surface area contributed by atoms with Crippen molar-refractivity contribution in [3.63, 3.8) is 0 Å². The summed E-state index contributed by atoms with van der Waals surface area (Å²) >= 11 is 0. The van der Waals surface area contributed by atoms with E-state index in [1.54, 1.807) is 0 Å². The van der Waals surface area contributed by atoms with E-state index in [9.17, 15) is 4.79 Å². The van der Waals surface area contributed by atoms with E-state index in [0.717, 1.165) is 6.92 Å². The van der Waals surface area contributed by atoms with E-state index in [2.05, 4.69) is 4.74 Å². The van der Waals surface area contributed by atoms with Gasteiger partial charge >= 0.3 is 5.97 Å². The number of methoxy groups -OCH3 is 1. The van der Waals surface area contributed by atoms with Crippen LogP contribution in [-0.4, -0.2) is 24.2 Å². The molecule has 1 atom stereocenters. The first-order chi connectivity index (χ1) is 4.33. The molecule has 0 aliphatic heterocycles. The molecule has 0 spiro atoms. The molecule has 1 N–H and O–H groups in total. The molecule has 0 aliphatic rings. The molecule has 0 bridgehead atoms. The van der Waals surface area contributed by atoms with Crippen LogP contribution in [0.3, 0.4) is 0 Å².